The molecule has 3 aliphatic carbocycles. The summed E-state index contributed by atoms with van der Waals surface area (Å²) < 4.78 is 0. The van der Waals surface area contributed by atoms with Crippen molar-refractivity contribution in [2.75, 3.05) is 13.1 Å². The van der Waals surface area contributed by atoms with Gasteiger partial charge < -0.3 is 10.6 Å². The zero-order chi connectivity index (χ0) is 13.0. The predicted molar refractivity (Wildman–Crippen MR) is 81.6 cm³/mol. The molecule has 3 saturated carbocycles. The smallest absolute Gasteiger partial charge is 0.226 e. The van der Waals surface area contributed by atoms with Gasteiger partial charge in [0.1, 0.15) is 0 Å². The SMILES string of the molecule is Cl.NC1CCCC2CN(C(=O)C(C3CC3)C3CC3)CC12. The summed E-state index contributed by atoms with van der Waals surface area (Å²) in [4.78, 5) is 15.0. The van der Waals surface area contributed by atoms with E-state index in [0.29, 0.717) is 29.7 Å². The lowest BCUT2D eigenvalue weighted by molar-refractivity contribution is -0.136. The van der Waals surface area contributed by atoms with E-state index in [-0.39, 0.29) is 12.4 Å². The van der Waals surface area contributed by atoms with Gasteiger partial charge in [-0.05, 0) is 62.2 Å². The molecule has 4 fully saturated rings. The summed E-state index contributed by atoms with van der Waals surface area (Å²) in [6, 6.07) is 0.344. The van der Waals surface area contributed by atoms with Gasteiger partial charge in [0.25, 0.3) is 0 Å². The van der Waals surface area contributed by atoms with Gasteiger partial charge in [-0.2, -0.15) is 0 Å². The average Bonchev–Trinajstić information content (AvgIpc) is 3.31. The van der Waals surface area contributed by atoms with E-state index in [1.807, 2.05) is 0 Å². The molecule has 3 unspecified atom stereocenters. The van der Waals surface area contributed by atoms with Crippen LogP contribution in [0.2, 0.25) is 0 Å². The summed E-state index contributed by atoms with van der Waals surface area (Å²) >= 11 is 0. The molecule has 4 aliphatic rings. The van der Waals surface area contributed by atoms with Gasteiger partial charge >= 0.3 is 0 Å². The Bertz CT molecular complexity index is 369. The van der Waals surface area contributed by atoms with Gasteiger partial charge in [0.2, 0.25) is 5.91 Å². The number of nitrogens with two attached hydrogens (primary N) is 1. The molecule has 0 bridgehead atoms. The van der Waals surface area contributed by atoms with Gasteiger partial charge in [0.05, 0.1) is 0 Å². The normalized spacial score (nSPS) is 36.7. The number of nitrogens with zero attached hydrogens (tertiary/aromatic N) is 1. The summed E-state index contributed by atoms with van der Waals surface area (Å²) in [5.74, 6) is 3.64. The van der Waals surface area contributed by atoms with E-state index in [2.05, 4.69) is 4.90 Å². The fourth-order valence-corrected chi connectivity index (χ4v) is 4.61. The Hall–Kier alpha value is -0.280. The van der Waals surface area contributed by atoms with Crippen LogP contribution in [-0.2, 0) is 4.79 Å². The first-order chi connectivity index (χ1) is 9.24. The molecule has 0 aromatic rings. The lowest BCUT2D eigenvalue weighted by atomic mass is 9.78. The van der Waals surface area contributed by atoms with Crippen molar-refractivity contribution >= 4 is 18.3 Å². The lowest BCUT2D eigenvalue weighted by Crippen LogP contribution is -2.39. The predicted octanol–water partition coefficient (Wildman–Crippen LogP) is 2.43. The number of rotatable bonds is 3. The highest BCUT2D eigenvalue weighted by Gasteiger charge is 2.49. The van der Waals surface area contributed by atoms with Crippen molar-refractivity contribution in [3.05, 3.63) is 0 Å². The van der Waals surface area contributed by atoms with Crippen molar-refractivity contribution in [2.24, 2.45) is 35.3 Å². The molecule has 1 saturated heterocycles. The van der Waals surface area contributed by atoms with Gasteiger partial charge in [0, 0.05) is 25.0 Å². The van der Waals surface area contributed by atoms with Crippen molar-refractivity contribution in [3.8, 4) is 0 Å². The van der Waals surface area contributed by atoms with Gasteiger partial charge in [-0.3, -0.25) is 4.79 Å². The van der Waals surface area contributed by atoms with Crippen LogP contribution in [0.5, 0.6) is 0 Å². The van der Waals surface area contributed by atoms with E-state index < -0.39 is 0 Å². The third-order valence-corrected chi connectivity index (χ3v) is 6.01. The van der Waals surface area contributed by atoms with Crippen molar-refractivity contribution < 1.29 is 4.79 Å². The zero-order valence-corrected chi connectivity index (χ0v) is 13.0. The van der Waals surface area contributed by atoms with Crippen LogP contribution < -0.4 is 5.73 Å². The molecule has 20 heavy (non-hydrogen) atoms. The molecule has 0 radical (unpaired) electrons. The fourth-order valence-electron chi connectivity index (χ4n) is 4.61. The maximum Gasteiger partial charge on any atom is 0.226 e. The molecule has 4 rings (SSSR count). The van der Waals surface area contributed by atoms with Crippen LogP contribution in [0.25, 0.3) is 0 Å². The first-order valence-corrected chi connectivity index (χ1v) is 8.28. The maximum atomic E-state index is 12.8. The number of halogens is 1. The van der Waals surface area contributed by atoms with Gasteiger partial charge in [-0.1, -0.05) is 6.42 Å². The molecule has 1 amide bonds. The number of fused-ring (bicyclic) bond motifs is 1. The second-order valence-corrected chi connectivity index (χ2v) is 7.46. The second kappa shape index (κ2) is 5.49. The van der Waals surface area contributed by atoms with Gasteiger partial charge in [-0.15, -0.1) is 12.4 Å². The average molecular weight is 299 g/mol. The Morgan fingerprint density at radius 3 is 2.20 bits per heavy atom. The Kier molecular flexibility index (Phi) is 4.02. The monoisotopic (exact) mass is 298 g/mol. The molecular weight excluding hydrogens is 272 g/mol. The molecule has 2 N–H and O–H groups in total. The minimum absolute atomic E-state index is 0. The highest BCUT2D eigenvalue weighted by atomic mass is 35.5. The van der Waals surface area contributed by atoms with E-state index >= 15 is 0 Å². The third kappa shape index (κ3) is 2.59. The highest BCUT2D eigenvalue weighted by Crippen LogP contribution is 2.50. The third-order valence-electron chi connectivity index (χ3n) is 6.01. The molecule has 0 aromatic heterocycles. The highest BCUT2D eigenvalue weighted by molar-refractivity contribution is 5.85. The molecule has 114 valence electrons. The number of likely N-dealkylation sites (tertiary alicyclic amines) is 1. The molecule has 3 nitrogen and oxygen atoms in total. The summed E-state index contributed by atoms with van der Waals surface area (Å²) in [5, 5.41) is 0. The quantitative estimate of drug-likeness (QED) is 0.870. The van der Waals surface area contributed by atoms with E-state index in [1.165, 1.54) is 38.5 Å². The van der Waals surface area contributed by atoms with Crippen LogP contribution in [0, 0.1) is 29.6 Å². The number of amides is 1. The van der Waals surface area contributed by atoms with Crippen molar-refractivity contribution in [2.45, 2.75) is 51.0 Å². The molecule has 0 aromatic carbocycles. The Morgan fingerprint density at radius 2 is 1.65 bits per heavy atom. The zero-order valence-electron chi connectivity index (χ0n) is 12.2. The number of hydrogen-bond acceptors (Lipinski definition) is 2. The summed E-state index contributed by atoms with van der Waals surface area (Å²) in [6.07, 6.45) is 8.91. The largest absolute Gasteiger partial charge is 0.342 e. The maximum absolute atomic E-state index is 12.8. The molecular formula is C16H27ClN2O. The number of carbonyl (C=O) groups excluding carboxylic acids is 1. The number of carbonyl (C=O) groups is 1. The van der Waals surface area contributed by atoms with Crippen molar-refractivity contribution in [1.82, 2.24) is 4.90 Å². The Balaban J connectivity index is 0.00000121. The minimum atomic E-state index is 0. The summed E-state index contributed by atoms with van der Waals surface area (Å²) in [7, 11) is 0. The van der Waals surface area contributed by atoms with Crippen LogP contribution in [-0.4, -0.2) is 29.9 Å². The topological polar surface area (TPSA) is 46.3 Å². The van der Waals surface area contributed by atoms with Gasteiger partial charge in [0.15, 0.2) is 0 Å². The van der Waals surface area contributed by atoms with Crippen LogP contribution in [0.4, 0.5) is 0 Å². The lowest BCUT2D eigenvalue weighted by Gasteiger charge is -2.29. The molecule has 4 heteroatoms. The second-order valence-electron chi connectivity index (χ2n) is 7.46. The fraction of sp³-hybridized carbons (Fsp3) is 0.938. The van der Waals surface area contributed by atoms with E-state index in [9.17, 15) is 4.79 Å². The van der Waals surface area contributed by atoms with Crippen molar-refractivity contribution in [3.63, 3.8) is 0 Å². The Morgan fingerprint density at radius 1 is 1.00 bits per heavy atom. The molecule has 1 aliphatic heterocycles. The minimum Gasteiger partial charge on any atom is -0.342 e. The summed E-state index contributed by atoms with van der Waals surface area (Å²) in [5.41, 5.74) is 6.26. The molecule has 1 heterocycles. The first-order valence-electron chi connectivity index (χ1n) is 8.28. The van der Waals surface area contributed by atoms with Crippen molar-refractivity contribution in [1.29, 1.82) is 0 Å². The standard InChI is InChI=1S/C16H26N2O.ClH/c17-14-3-1-2-12-8-18(9-13(12)14)16(19)15(10-4-5-10)11-6-7-11;/h10-15H,1-9,17H2;1H. The van der Waals surface area contributed by atoms with E-state index in [4.69, 9.17) is 5.73 Å². The molecule has 0 spiro atoms. The summed E-state index contributed by atoms with van der Waals surface area (Å²) in [6.45, 7) is 1.97. The van der Waals surface area contributed by atoms with Gasteiger partial charge in [-0.25, -0.2) is 0 Å². The van der Waals surface area contributed by atoms with Crippen LogP contribution >= 0.6 is 12.4 Å². The van der Waals surface area contributed by atoms with Crippen LogP contribution in [0.15, 0.2) is 0 Å². The van der Waals surface area contributed by atoms with Crippen LogP contribution in [0.1, 0.15) is 44.9 Å². The first kappa shape index (κ1) is 14.6. The van der Waals surface area contributed by atoms with Crippen LogP contribution in [0.3, 0.4) is 0 Å². The Labute approximate surface area is 128 Å². The number of hydrogen-bond donors (Lipinski definition) is 1. The van der Waals surface area contributed by atoms with E-state index in [1.54, 1.807) is 0 Å². The van der Waals surface area contributed by atoms with E-state index in [0.717, 1.165) is 31.3 Å². The molecule has 3 atom stereocenters.